The second-order valence-corrected chi connectivity index (χ2v) is 6.71. The van der Waals surface area contributed by atoms with Gasteiger partial charge < -0.3 is 15.0 Å². The van der Waals surface area contributed by atoms with E-state index in [0.29, 0.717) is 6.10 Å². The Morgan fingerprint density at radius 1 is 1.33 bits per heavy atom. The average Bonchev–Trinajstić information content (AvgIpc) is 3.06. The Bertz CT molecular complexity index is 221. The van der Waals surface area contributed by atoms with E-state index in [9.17, 15) is 0 Å². The highest BCUT2D eigenvalue weighted by molar-refractivity contribution is 4.82. The number of rotatable bonds is 9. The van der Waals surface area contributed by atoms with Gasteiger partial charge in [0, 0.05) is 18.1 Å². The molecule has 1 aliphatic rings. The minimum Gasteiger partial charge on any atom is -0.377 e. The first kappa shape index (κ1) is 15.9. The molecule has 1 saturated carbocycles. The van der Waals surface area contributed by atoms with Crippen LogP contribution in [0.25, 0.3) is 0 Å². The third-order valence-corrected chi connectivity index (χ3v) is 3.46. The maximum Gasteiger partial charge on any atom is 0.0597 e. The van der Waals surface area contributed by atoms with Crippen LogP contribution < -0.4 is 5.32 Å². The Kier molecular flexibility index (Phi) is 6.61. The zero-order valence-electron chi connectivity index (χ0n) is 13.0. The summed E-state index contributed by atoms with van der Waals surface area (Å²) in [6.07, 6.45) is 5.49. The van der Waals surface area contributed by atoms with Gasteiger partial charge in [0.2, 0.25) is 0 Å². The first-order valence-electron chi connectivity index (χ1n) is 7.45. The Hall–Kier alpha value is -0.120. The van der Waals surface area contributed by atoms with Crippen molar-refractivity contribution >= 4 is 0 Å². The largest absolute Gasteiger partial charge is 0.377 e. The Morgan fingerprint density at radius 3 is 2.56 bits per heavy atom. The minimum atomic E-state index is 0.233. The van der Waals surface area contributed by atoms with Crippen molar-refractivity contribution in [3.8, 4) is 0 Å². The molecule has 1 N–H and O–H groups in total. The lowest BCUT2D eigenvalue weighted by atomic mass is 10.1. The quantitative estimate of drug-likeness (QED) is 0.642. The minimum absolute atomic E-state index is 0.233. The summed E-state index contributed by atoms with van der Waals surface area (Å²) in [5, 5.41) is 3.51. The molecule has 1 fully saturated rings. The second kappa shape index (κ2) is 7.46. The molecule has 108 valence electrons. The third kappa shape index (κ3) is 8.06. The SMILES string of the molecule is CC(CCCNC(C)(C)C)OCCN(C)C1CC1. The Morgan fingerprint density at radius 2 is 2.00 bits per heavy atom. The lowest BCUT2D eigenvalue weighted by Gasteiger charge is -2.21. The molecule has 0 spiro atoms. The van der Waals surface area contributed by atoms with Gasteiger partial charge in [-0.25, -0.2) is 0 Å². The average molecular weight is 256 g/mol. The van der Waals surface area contributed by atoms with E-state index in [4.69, 9.17) is 4.74 Å². The van der Waals surface area contributed by atoms with Crippen LogP contribution in [0.1, 0.15) is 53.4 Å². The van der Waals surface area contributed by atoms with Gasteiger partial charge in [-0.1, -0.05) is 0 Å². The molecule has 0 aromatic heterocycles. The summed E-state index contributed by atoms with van der Waals surface area (Å²) in [6, 6.07) is 0.847. The summed E-state index contributed by atoms with van der Waals surface area (Å²) in [4.78, 5) is 2.42. The van der Waals surface area contributed by atoms with E-state index >= 15 is 0 Å². The van der Waals surface area contributed by atoms with Crippen molar-refractivity contribution in [3.63, 3.8) is 0 Å². The third-order valence-electron chi connectivity index (χ3n) is 3.46. The van der Waals surface area contributed by atoms with Gasteiger partial charge in [0.25, 0.3) is 0 Å². The van der Waals surface area contributed by atoms with E-state index in [1.165, 1.54) is 19.3 Å². The van der Waals surface area contributed by atoms with Crippen molar-refractivity contribution < 1.29 is 4.74 Å². The van der Waals surface area contributed by atoms with Crippen molar-refractivity contribution in [2.45, 2.75) is 71.1 Å². The molecule has 0 aromatic rings. The molecule has 18 heavy (non-hydrogen) atoms. The number of nitrogens with zero attached hydrogens (tertiary/aromatic N) is 1. The van der Waals surface area contributed by atoms with Crippen LogP contribution in [0.15, 0.2) is 0 Å². The molecule has 0 saturated heterocycles. The van der Waals surface area contributed by atoms with E-state index in [2.05, 4.69) is 45.0 Å². The molecule has 1 aliphatic carbocycles. The van der Waals surface area contributed by atoms with Crippen molar-refractivity contribution in [2.75, 3.05) is 26.7 Å². The summed E-state index contributed by atoms with van der Waals surface area (Å²) in [6.45, 7) is 11.9. The van der Waals surface area contributed by atoms with Crippen LogP contribution in [-0.2, 0) is 4.74 Å². The van der Waals surface area contributed by atoms with Gasteiger partial charge in [0.05, 0.1) is 12.7 Å². The van der Waals surface area contributed by atoms with Crippen LogP contribution in [0, 0.1) is 0 Å². The van der Waals surface area contributed by atoms with Crippen LogP contribution in [-0.4, -0.2) is 49.3 Å². The zero-order valence-corrected chi connectivity index (χ0v) is 13.0. The second-order valence-electron chi connectivity index (χ2n) is 6.71. The maximum absolute atomic E-state index is 5.85. The first-order valence-corrected chi connectivity index (χ1v) is 7.45. The van der Waals surface area contributed by atoms with E-state index < -0.39 is 0 Å². The molecule has 0 aromatic carbocycles. The number of ether oxygens (including phenoxy) is 1. The smallest absolute Gasteiger partial charge is 0.0597 e. The molecule has 1 unspecified atom stereocenters. The van der Waals surface area contributed by atoms with Crippen LogP contribution in [0.3, 0.4) is 0 Å². The molecule has 0 aliphatic heterocycles. The standard InChI is InChI=1S/C15H32N2O/c1-13(7-6-10-16-15(2,3)4)18-12-11-17(5)14-8-9-14/h13-14,16H,6-12H2,1-5H3. The number of likely N-dealkylation sites (N-methyl/N-ethyl adjacent to an activating group) is 1. The number of nitrogens with one attached hydrogen (secondary N) is 1. The fourth-order valence-electron chi connectivity index (χ4n) is 2.03. The normalized spacial score (nSPS) is 18.3. The molecular formula is C15H32N2O. The fourth-order valence-corrected chi connectivity index (χ4v) is 2.03. The van der Waals surface area contributed by atoms with Crippen molar-refractivity contribution in [2.24, 2.45) is 0 Å². The van der Waals surface area contributed by atoms with E-state index in [1.54, 1.807) is 0 Å². The number of hydrogen-bond donors (Lipinski definition) is 1. The van der Waals surface area contributed by atoms with Crippen molar-refractivity contribution in [1.29, 1.82) is 0 Å². The zero-order chi connectivity index (χ0) is 13.6. The Balaban J connectivity index is 1.91. The molecule has 1 rings (SSSR count). The maximum atomic E-state index is 5.85. The van der Waals surface area contributed by atoms with Gasteiger partial charge in [-0.05, 0) is 67.0 Å². The van der Waals surface area contributed by atoms with Crippen LogP contribution in [0.5, 0.6) is 0 Å². The van der Waals surface area contributed by atoms with Gasteiger partial charge in [-0.3, -0.25) is 0 Å². The van der Waals surface area contributed by atoms with E-state index in [-0.39, 0.29) is 5.54 Å². The molecular weight excluding hydrogens is 224 g/mol. The van der Waals surface area contributed by atoms with E-state index in [0.717, 1.165) is 32.2 Å². The van der Waals surface area contributed by atoms with Gasteiger partial charge in [-0.2, -0.15) is 0 Å². The molecule has 3 nitrogen and oxygen atoms in total. The van der Waals surface area contributed by atoms with Gasteiger partial charge in [0.1, 0.15) is 0 Å². The highest BCUT2D eigenvalue weighted by Gasteiger charge is 2.25. The van der Waals surface area contributed by atoms with Gasteiger partial charge >= 0.3 is 0 Å². The summed E-state index contributed by atoms with van der Waals surface area (Å²) >= 11 is 0. The molecule has 0 bridgehead atoms. The lowest BCUT2D eigenvalue weighted by Crippen LogP contribution is -2.36. The molecule has 0 amide bonds. The van der Waals surface area contributed by atoms with Crippen molar-refractivity contribution in [3.05, 3.63) is 0 Å². The van der Waals surface area contributed by atoms with Crippen molar-refractivity contribution in [1.82, 2.24) is 10.2 Å². The molecule has 1 atom stereocenters. The topological polar surface area (TPSA) is 24.5 Å². The van der Waals surface area contributed by atoms with Crippen LogP contribution in [0.4, 0.5) is 0 Å². The number of hydrogen-bond acceptors (Lipinski definition) is 3. The predicted molar refractivity (Wildman–Crippen MR) is 78.1 cm³/mol. The summed E-state index contributed by atoms with van der Waals surface area (Å²) in [5.41, 5.74) is 0.233. The summed E-state index contributed by atoms with van der Waals surface area (Å²) < 4.78 is 5.85. The highest BCUT2D eigenvalue weighted by Crippen LogP contribution is 2.24. The summed E-state index contributed by atoms with van der Waals surface area (Å²) in [5.74, 6) is 0. The fraction of sp³-hybridized carbons (Fsp3) is 1.00. The molecule has 0 heterocycles. The monoisotopic (exact) mass is 256 g/mol. The molecule has 0 radical (unpaired) electrons. The van der Waals surface area contributed by atoms with E-state index in [1.807, 2.05) is 0 Å². The first-order chi connectivity index (χ1) is 8.38. The predicted octanol–water partition coefficient (Wildman–Crippen LogP) is 2.65. The summed E-state index contributed by atoms with van der Waals surface area (Å²) in [7, 11) is 2.21. The lowest BCUT2D eigenvalue weighted by molar-refractivity contribution is 0.0451. The van der Waals surface area contributed by atoms with Crippen LogP contribution >= 0.6 is 0 Å². The van der Waals surface area contributed by atoms with Gasteiger partial charge in [-0.15, -0.1) is 0 Å². The highest BCUT2D eigenvalue weighted by atomic mass is 16.5. The Labute approximate surface area is 113 Å². The van der Waals surface area contributed by atoms with Crippen LogP contribution in [0.2, 0.25) is 0 Å². The molecule has 3 heteroatoms. The van der Waals surface area contributed by atoms with Gasteiger partial charge in [0.15, 0.2) is 0 Å².